The van der Waals surface area contributed by atoms with Crippen molar-refractivity contribution in [3.05, 3.63) is 35.9 Å². The number of hydrogen-bond acceptors (Lipinski definition) is 2. The Bertz CT molecular complexity index is 286. The molecule has 1 aromatic rings. The van der Waals surface area contributed by atoms with Crippen molar-refractivity contribution >= 4 is 0 Å². The predicted octanol–water partition coefficient (Wildman–Crippen LogP) is 3.41. The Balaban J connectivity index is 1.93. The normalized spacial score (nSPS) is 12.6. The van der Waals surface area contributed by atoms with Gasteiger partial charge in [0.1, 0.15) is 0 Å². The van der Waals surface area contributed by atoms with Gasteiger partial charge in [-0.1, -0.05) is 37.3 Å². The number of nitrogens with one attached hydrogen (secondary N) is 1. The first-order chi connectivity index (χ1) is 8.83. The van der Waals surface area contributed by atoms with Crippen LogP contribution in [0.15, 0.2) is 30.3 Å². The molecule has 0 radical (unpaired) electrons. The van der Waals surface area contributed by atoms with Crippen molar-refractivity contribution in [3.8, 4) is 0 Å². The highest BCUT2D eigenvalue weighted by molar-refractivity contribution is 5.14. The van der Waals surface area contributed by atoms with Crippen molar-refractivity contribution in [2.75, 3.05) is 19.8 Å². The standard InChI is InChI=1S/C16H27NO/c1-3-12-17-15(2)11-14-18-13-7-10-16-8-5-4-6-9-16/h4-6,8-9,15,17H,3,7,10-14H2,1-2H3. The van der Waals surface area contributed by atoms with E-state index in [9.17, 15) is 0 Å². The molecule has 18 heavy (non-hydrogen) atoms. The van der Waals surface area contributed by atoms with E-state index in [0.717, 1.165) is 39.0 Å². The topological polar surface area (TPSA) is 21.3 Å². The number of benzene rings is 1. The van der Waals surface area contributed by atoms with Gasteiger partial charge in [-0.15, -0.1) is 0 Å². The minimum Gasteiger partial charge on any atom is -0.381 e. The molecule has 1 atom stereocenters. The highest BCUT2D eigenvalue weighted by Crippen LogP contribution is 2.02. The van der Waals surface area contributed by atoms with E-state index in [1.54, 1.807) is 0 Å². The molecule has 0 saturated carbocycles. The maximum atomic E-state index is 5.67. The van der Waals surface area contributed by atoms with Crippen molar-refractivity contribution in [2.45, 2.75) is 45.6 Å². The van der Waals surface area contributed by atoms with Crippen molar-refractivity contribution in [1.29, 1.82) is 0 Å². The van der Waals surface area contributed by atoms with Crippen LogP contribution >= 0.6 is 0 Å². The van der Waals surface area contributed by atoms with Crippen molar-refractivity contribution in [1.82, 2.24) is 5.32 Å². The monoisotopic (exact) mass is 249 g/mol. The van der Waals surface area contributed by atoms with E-state index in [2.05, 4.69) is 49.5 Å². The molecule has 102 valence electrons. The minimum atomic E-state index is 0.569. The summed E-state index contributed by atoms with van der Waals surface area (Å²) in [5.74, 6) is 0. The third-order valence-corrected chi connectivity index (χ3v) is 3.03. The lowest BCUT2D eigenvalue weighted by molar-refractivity contribution is 0.123. The summed E-state index contributed by atoms with van der Waals surface area (Å²) in [6.07, 6.45) is 4.53. The second kappa shape index (κ2) is 10.1. The van der Waals surface area contributed by atoms with Crippen LogP contribution in [0.3, 0.4) is 0 Å². The number of ether oxygens (including phenoxy) is 1. The van der Waals surface area contributed by atoms with E-state index in [-0.39, 0.29) is 0 Å². The molecule has 0 aliphatic rings. The first kappa shape index (κ1) is 15.2. The average Bonchev–Trinajstić information content (AvgIpc) is 2.41. The zero-order valence-electron chi connectivity index (χ0n) is 11.8. The van der Waals surface area contributed by atoms with Gasteiger partial charge in [0.05, 0.1) is 0 Å². The van der Waals surface area contributed by atoms with Gasteiger partial charge < -0.3 is 10.1 Å². The van der Waals surface area contributed by atoms with Crippen molar-refractivity contribution in [3.63, 3.8) is 0 Å². The van der Waals surface area contributed by atoms with Gasteiger partial charge in [0.25, 0.3) is 0 Å². The Hall–Kier alpha value is -0.860. The van der Waals surface area contributed by atoms with Crippen molar-refractivity contribution in [2.24, 2.45) is 0 Å². The molecule has 0 aromatic heterocycles. The summed E-state index contributed by atoms with van der Waals surface area (Å²) in [6.45, 7) is 7.26. The van der Waals surface area contributed by atoms with E-state index in [1.165, 1.54) is 12.0 Å². The molecule has 2 heteroatoms. The SMILES string of the molecule is CCCNC(C)CCOCCCc1ccccc1. The third kappa shape index (κ3) is 7.46. The Morgan fingerprint density at radius 3 is 2.67 bits per heavy atom. The molecule has 0 bridgehead atoms. The van der Waals surface area contributed by atoms with Gasteiger partial charge in [0.15, 0.2) is 0 Å². The highest BCUT2D eigenvalue weighted by Gasteiger charge is 1.99. The van der Waals surface area contributed by atoms with Gasteiger partial charge in [-0.05, 0) is 44.7 Å². The van der Waals surface area contributed by atoms with Crippen LogP contribution in [0.2, 0.25) is 0 Å². The summed E-state index contributed by atoms with van der Waals surface area (Å²) in [6, 6.07) is 11.2. The molecule has 1 unspecified atom stereocenters. The van der Waals surface area contributed by atoms with Crippen molar-refractivity contribution < 1.29 is 4.74 Å². The largest absolute Gasteiger partial charge is 0.381 e. The summed E-state index contributed by atoms with van der Waals surface area (Å²) in [4.78, 5) is 0. The molecule has 0 amide bonds. The number of rotatable bonds is 10. The van der Waals surface area contributed by atoms with E-state index < -0.39 is 0 Å². The molecule has 0 aliphatic carbocycles. The fourth-order valence-corrected chi connectivity index (χ4v) is 1.88. The molecule has 1 rings (SSSR count). The lowest BCUT2D eigenvalue weighted by atomic mass is 10.1. The number of hydrogen-bond donors (Lipinski definition) is 1. The molecule has 1 N–H and O–H groups in total. The Morgan fingerprint density at radius 1 is 1.17 bits per heavy atom. The quantitative estimate of drug-likeness (QED) is 0.642. The van der Waals surface area contributed by atoms with E-state index >= 15 is 0 Å². The van der Waals surface area contributed by atoms with E-state index in [4.69, 9.17) is 4.74 Å². The van der Waals surface area contributed by atoms with Gasteiger partial charge >= 0.3 is 0 Å². The van der Waals surface area contributed by atoms with Crippen LogP contribution < -0.4 is 5.32 Å². The number of aryl methyl sites for hydroxylation is 1. The molecular formula is C16H27NO. The summed E-state index contributed by atoms with van der Waals surface area (Å²) in [7, 11) is 0. The molecule has 0 heterocycles. The first-order valence-electron chi connectivity index (χ1n) is 7.18. The summed E-state index contributed by atoms with van der Waals surface area (Å²) in [5, 5.41) is 3.47. The average molecular weight is 249 g/mol. The van der Waals surface area contributed by atoms with Gasteiger partial charge in [0.2, 0.25) is 0 Å². The molecule has 2 nitrogen and oxygen atoms in total. The summed E-state index contributed by atoms with van der Waals surface area (Å²) < 4.78 is 5.67. The highest BCUT2D eigenvalue weighted by atomic mass is 16.5. The maximum absolute atomic E-state index is 5.67. The minimum absolute atomic E-state index is 0.569. The first-order valence-corrected chi connectivity index (χ1v) is 7.18. The zero-order valence-corrected chi connectivity index (χ0v) is 11.8. The predicted molar refractivity (Wildman–Crippen MR) is 78.0 cm³/mol. The molecule has 1 aromatic carbocycles. The Labute approximate surface area is 112 Å². The van der Waals surface area contributed by atoms with Crippen LogP contribution in [-0.2, 0) is 11.2 Å². The van der Waals surface area contributed by atoms with Gasteiger partial charge in [-0.3, -0.25) is 0 Å². The van der Waals surface area contributed by atoms with Crippen LogP contribution in [-0.4, -0.2) is 25.8 Å². The Kier molecular flexibility index (Phi) is 8.53. The molecular weight excluding hydrogens is 222 g/mol. The Morgan fingerprint density at radius 2 is 1.94 bits per heavy atom. The van der Waals surface area contributed by atoms with E-state index in [1.807, 2.05) is 0 Å². The molecule has 0 aliphatic heterocycles. The van der Waals surface area contributed by atoms with Crippen LogP contribution in [0.25, 0.3) is 0 Å². The van der Waals surface area contributed by atoms with Gasteiger partial charge in [-0.25, -0.2) is 0 Å². The van der Waals surface area contributed by atoms with Gasteiger partial charge in [0, 0.05) is 19.3 Å². The fraction of sp³-hybridized carbons (Fsp3) is 0.625. The van der Waals surface area contributed by atoms with Crippen LogP contribution in [0.1, 0.15) is 38.7 Å². The van der Waals surface area contributed by atoms with Crippen LogP contribution in [0, 0.1) is 0 Å². The molecule has 0 fully saturated rings. The lowest BCUT2D eigenvalue weighted by Crippen LogP contribution is -2.27. The lowest BCUT2D eigenvalue weighted by Gasteiger charge is -2.13. The smallest absolute Gasteiger partial charge is 0.0480 e. The summed E-state index contributed by atoms with van der Waals surface area (Å²) >= 11 is 0. The van der Waals surface area contributed by atoms with Gasteiger partial charge in [-0.2, -0.15) is 0 Å². The van der Waals surface area contributed by atoms with Crippen LogP contribution in [0.5, 0.6) is 0 Å². The zero-order chi connectivity index (χ0) is 13.1. The second-order valence-corrected chi connectivity index (χ2v) is 4.85. The second-order valence-electron chi connectivity index (χ2n) is 4.85. The fourth-order valence-electron chi connectivity index (χ4n) is 1.88. The third-order valence-electron chi connectivity index (χ3n) is 3.03. The van der Waals surface area contributed by atoms with E-state index in [0.29, 0.717) is 6.04 Å². The molecule has 0 spiro atoms. The van der Waals surface area contributed by atoms with Crippen LogP contribution in [0.4, 0.5) is 0 Å². The maximum Gasteiger partial charge on any atom is 0.0480 e. The summed E-state index contributed by atoms with van der Waals surface area (Å²) in [5.41, 5.74) is 1.40. The molecule has 0 saturated heterocycles.